The number of carbonyl (C=O) groups is 2. The van der Waals surface area contributed by atoms with Crippen molar-refractivity contribution in [2.45, 2.75) is 94.1 Å². The summed E-state index contributed by atoms with van der Waals surface area (Å²) in [7, 11) is 0. The van der Waals surface area contributed by atoms with Crippen molar-refractivity contribution in [3.63, 3.8) is 0 Å². The van der Waals surface area contributed by atoms with Gasteiger partial charge in [-0.2, -0.15) is 0 Å². The molecule has 0 radical (unpaired) electrons. The molecule has 2 aromatic rings. The number of aromatic nitrogens is 4. The number of rotatable bonds is 6. The molecule has 2 N–H and O–H groups in total. The predicted molar refractivity (Wildman–Crippen MR) is 129 cm³/mol. The minimum Gasteiger partial charge on any atom is -0.335 e. The third-order valence-electron chi connectivity index (χ3n) is 6.81. The number of hydrogen-bond donors (Lipinski definition) is 2. The number of hydrogen-bond acceptors (Lipinski definition) is 6. The Balaban J connectivity index is 1.48. The number of urea groups is 1. The van der Waals surface area contributed by atoms with Gasteiger partial charge in [0.15, 0.2) is 11.0 Å². The summed E-state index contributed by atoms with van der Waals surface area (Å²) in [5.74, 6) is 0.962. The van der Waals surface area contributed by atoms with Crippen molar-refractivity contribution in [1.82, 2.24) is 30.4 Å². The zero-order chi connectivity index (χ0) is 23.2. The molecule has 2 aromatic heterocycles. The lowest BCUT2D eigenvalue weighted by atomic mass is 9.85. The molecule has 0 aromatic carbocycles. The minimum atomic E-state index is -0.481. The van der Waals surface area contributed by atoms with Crippen LogP contribution < -0.4 is 10.6 Å². The molecular weight excluding hydrogens is 436 g/mol. The van der Waals surface area contributed by atoms with Gasteiger partial charge in [-0.25, -0.2) is 4.79 Å². The van der Waals surface area contributed by atoms with Crippen LogP contribution in [0.15, 0.2) is 29.7 Å². The fourth-order valence-corrected chi connectivity index (χ4v) is 5.83. The molecule has 3 amide bonds. The normalized spacial score (nSPS) is 22.5. The number of carbonyl (C=O) groups excluding carboxylic acids is 2. The molecule has 3 atom stereocenters. The first kappa shape index (κ1) is 23.7. The number of amides is 3. The van der Waals surface area contributed by atoms with Gasteiger partial charge >= 0.3 is 6.03 Å². The molecule has 2 saturated carbocycles. The van der Waals surface area contributed by atoms with E-state index in [2.05, 4.69) is 37.3 Å². The smallest absolute Gasteiger partial charge is 0.321 e. The third-order valence-corrected chi connectivity index (χ3v) is 7.87. The second-order valence-electron chi connectivity index (χ2n) is 9.30. The van der Waals surface area contributed by atoms with E-state index in [9.17, 15) is 9.59 Å². The average Bonchev–Trinajstić information content (AvgIpc) is 3.23. The summed E-state index contributed by atoms with van der Waals surface area (Å²) in [6.45, 7) is 4.08. The summed E-state index contributed by atoms with van der Waals surface area (Å²) in [5, 5.41) is 14.6. The molecule has 0 bridgehead atoms. The Labute approximate surface area is 199 Å². The Bertz CT molecular complexity index is 944. The molecule has 9 heteroatoms. The van der Waals surface area contributed by atoms with E-state index in [0.717, 1.165) is 49.9 Å². The fraction of sp³-hybridized carbons (Fsp3) is 0.625. The highest BCUT2D eigenvalue weighted by Crippen LogP contribution is 2.39. The van der Waals surface area contributed by atoms with E-state index < -0.39 is 11.3 Å². The van der Waals surface area contributed by atoms with Crippen LogP contribution in [0, 0.1) is 5.92 Å². The quantitative estimate of drug-likeness (QED) is 0.592. The van der Waals surface area contributed by atoms with Gasteiger partial charge in [0, 0.05) is 30.0 Å². The standard InChI is InChI=1S/C24H34N6O2S/c1-16-9-6-7-13-20(16)30-21(18-10-8-14-25-15-18)28-29-24(30)33-17(2)22(31)27-23(32)26-19-11-4-3-5-12-19/h8,10,14-17,19-20H,3-7,9,11-13H2,1-2H3,(H2,26,27,31,32)/t16-,17-,20-/m0/s1. The topological polar surface area (TPSA) is 102 Å². The summed E-state index contributed by atoms with van der Waals surface area (Å²) < 4.78 is 2.19. The minimum absolute atomic E-state index is 0.160. The van der Waals surface area contributed by atoms with Crippen molar-refractivity contribution in [3.8, 4) is 11.4 Å². The van der Waals surface area contributed by atoms with Gasteiger partial charge in [0.1, 0.15) is 0 Å². The Morgan fingerprint density at radius 2 is 1.85 bits per heavy atom. The van der Waals surface area contributed by atoms with E-state index in [-0.39, 0.29) is 18.0 Å². The largest absolute Gasteiger partial charge is 0.335 e. The van der Waals surface area contributed by atoms with E-state index in [1.807, 2.05) is 12.1 Å². The van der Waals surface area contributed by atoms with E-state index in [1.165, 1.54) is 31.0 Å². The van der Waals surface area contributed by atoms with Gasteiger partial charge < -0.3 is 5.32 Å². The van der Waals surface area contributed by atoms with Crippen LogP contribution in [0.5, 0.6) is 0 Å². The maximum Gasteiger partial charge on any atom is 0.321 e. The van der Waals surface area contributed by atoms with Crippen LogP contribution in [0.1, 0.15) is 77.7 Å². The van der Waals surface area contributed by atoms with E-state index >= 15 is 0 Å². The Morgan fingerprint density at radius 3 is 2.58 bits per heavy atom. The van der Waals surface area contributed by atoms with Gasteiger partial charge in [0.2, 0.25) is 5.91 Å². The zero-order valence-corrected chi connectivity index (χ0v) is 20.3. The van der Waals surface area contributed by atoms with E-state index in [1.54, 1.807) is 19.3 Å². The van der Waals surface area contributed by atoms with Crippen molar-refractivity contribution < 1.29 is 9.59 Å². The molecular formula is C24H34N6O2S. The first-order valence-corrected chi connectivity index (χ1v) is 13.0. The average molecular weight is 471 g/mol. The fourth-order valence-electron chi connectivity index (χ4n) is 4.92. The molecule has 178 valence electrons. The Hall–Kier alpha value is -2.42. The summed E-state index contributed by atoms with van der Waals surface area (Å²) in [4.78, 5) is 29.3. The first-order chi connectivity index (χ1) is 16.0. The van der Waals surface area contributed by atoms with Crippen LogP contribution in [0.4, 0.5) is 4.79 Å². The van der Waals surface area contributed by atoms with Gasteiger partial charge in [-0.3, -0.25) is 19.7 Å². The molecule has 2 aliphatic carbocycles. The SMILES string of the molecule is C[C@H](Sc1nnc(-c2cccnc2)n1[C@H]1CCCC[C@@H]1C)C(=O)NC(=O)NC1CCCCC1. The second-order valence-corrected chi connectivity index (χ2v) is 10.6. The maximum atomic E-state index is 12.8. The van der Waals surface area contributed by atoms with Gasteiger partial charge in [-0.15, -0.1) is 10.2 Å². The highest BCUT2D eigenvalue weighted by atomic mass is 32.2. The van der Waals surface area contributed by atoms with Crippen LogP contribution in [0.3, 0.4) is 0 Å². The van der Waals surface area contributed by atoms with Crippen LogP contribution in [-0.4, -0.2) is 43.0 Å². The summed E-state index contributed by atoms with van der Waals surface area (Å²) >= 11 is 1.35. The summed E-state index contributed by atoms with van der Waals surface area (Å²) in [6, 6.07) is 3.91. The maximum absolute atomic E-state index is 12.8. The van der Waals surface area contributed by atoms with Crippen LogP contribution in [0.2, 0.25) is 0 Å². The number of nitrogens with one attached hydrogen (secondary N) is 2. The van der Waals surface area contributed by atoms with Gasteiger partial charge in [0.25, 0.3) is 0 Å². The lowest BCUT2D eigenvalue weighted by Gasteiger charge is -2.31. The number of thioether (sulfide) groups is 1. The van der Waals surface area contributed by atoms with Crippen LogP contribution in [0.25, 0.3) is 11.4 Å². The van der Waals surface area contributed by atoms with Crippen LogP contribution >= 0.6 is 11.8 Å². The highest BCUT2D eigenvalue weighted by Gasteiger charge is 2.30. The van der Waals surface area contributed by atoms with Crippen molar-refractivity contribution in [2.75, 3.05) is 0 Å². The second kappa shape index (κ2) is 11.1. The van der Waals surface area contributed by atoms with Crippen molar-refractivity contribution in [1.29, 1.82) is 0 Å². The highest BCUT2D eigenvalue weighted by molar-refractivity contribution is 8.00. The molecule has 2 aliphatic rings. The lowest BCUT2D eigenvalue weighted by Crippen LogP contribution is -2.47. The van der Waals surface area contributed by atoms with Crippen molar-refractivity contribution >= 4 is 23.7 Å². The number of imide groups is 1. The molecule has 0 unspecified atom stereocenters. The molecule has 0 saturated heterocycles. The van der Waals surface area contributed by atoms with Gasteiger partial charge in [0.05, 0.1) is 5.25 Å². The van der Waals surface area contributed by atoms with E-state index in [4.69, 9.17) is 0 Å². The first-order valence-electron chi connectivity index (χ1n) is 12.2. The molecule has 2 heterocycles. The molecule has 0 spiro atoms. The van der Waals surface area contributed by atoms with E-state index in [0.29, 0.717) is 11.1 Å². The molecule has 2 fully saturated rings. The molecule has 33 heavy (non-hydrogen) atoms. The van der Waals surface area contributed by atoms with Crippen molar-refractivity contribution in [3.05, 3.63) is 24.5 Å². The number of nitrogens with zero attached hydrogens (tertiary/aromatic N) is 4. The lowest BCUT2D eigenvalue weighted by molar-refractivity contribution is -0.119. The zero-order valence-electron chi connectivity index (χ0n) is 19.5. The van der Waals surface area contributed by atoms with Crippen molar-refractivity contribution in [2.24, 2.45) is 5.92 Å². The Morgan fingerprint density at radius 1 is 1.09 bits per heavy atom. The Kier molecular flexibility index (Phi) is 8.01. The van der Waals surface area contributed by atoms with Gasteiger partial charge in [-0.1, -0.05) is 50.8 Å². The third kappa shape index (κ3) is 5.93. The predicted octanol–water partition coefficient (Wildman–Crippen LogP) is 4.73. The molecule has 4 rings (SSSR count). The summed E-state index contributed by atoms with van der Waals surface area (Å²) in [5.41, 5.74) is 0.915. The number of pyridine rings is 1. The van der Waals surface area contributed by atoms with Gasteiger partial charge in [-0.05, 0) is 50.7 Å². The molecule has 0 aliphatic heterocycles. The molecule has 8 nitrogen and oxygen atoms in total. The summed E-state index contributed by atoms with van der Waals surface area (Å²) in [6.07, 6.45) is 13.6. The van der Waals surface area contributed by atoms with Crippen LogP contribution in [-0.2, 0) is 4.79 Å². The monoisotopic (exact) mass is 470 g/mol.